The van der Waals surface area contributed by atoms with Crippen LogP contribution in [0.15, 0.2) is 84.0 Å². The molecule has 0 unspecified atom stereocenters. The molecule has 1 aliphatic rings. The lowest BCUT2D eigenvalue weighted by Crippen LogP contribution is -2.41. The van der Waals surface area contributed by atoms with Gasteiger partial charge in [-0.25, -0.2) is 13.9 Å². The summed E-state index contributed by atoms with van der Waals surface area (Å²) in [5, 5.41) is 11.1. The SMILES string of the molecule is COC(=O)c1ccc([C@@H]2Nn3c(nnc3-c3ccccc3)S[C@H]2C(=O)Nc2ccccc2F)cc1. The summed E-state index contributed by atoms with van der Waals surface area (Å²) in [6.45, 7) is 0. The number of hydrogen-bond acceptors (Lipinski definition) is 7. The fourth-order valence-electron chi connectivity index (χ4n) is 3.79. The summed E-state index contributed by atoms with van der Waals surface area (Å²) in [4.78, 5) is 25.2. The zero-order valence-corrected chi connectivity index (χ0v) is 19.3. The molecule has 0 spiro atoms. The van der Waals surface area contributed by atoms with Crippen molar-refractivity contribution in [2.45, 2.75) is 16.4 Å². The van der Waals surface area contributed by atoms with Crippen molar-refractivity contribution in [2.75, 3.05) is 17.9 Å². The molecule has 10 heteroatoms. The van der Waals surface area contributed by atoms with Gasteiger partial charge in [-0.1, -0.05) is 66.4 Å². The summed E-state index contributed by atoms with van der Waals surface area (Å²) in [5.74, 6) is -0.783. The molecular weight excluding hydrogens is 469 g/mol. The predicted molar refractivity (Wildman–Crippen MR) is 130 cm³/mol. The zero-order chi connectivity index (χ0) is 24.4. The van der Waals surface area contributed by atoms with Gasteiger partial charge < -0.3 is 15.5 Å². The number of anilines is 1. The molecule has 0 fully saturated rings. The summed E-state index contributed by atoms with van der Waals surface area (Å²) in [5.41, 5.74) is 5.44. The van der Waals surface area contributed by atoms with Gasteiger partial charge in [0, 0.05) is 5.56 Å². The molecule has 35 heavy (non-hydrogen) atoms. The van der Waals surface area contributed by atoms with Crippen molar-refractivity contribution in [3.8, 4) is 11.4 Å². The molecule has 176 valence electrons. The Morgan fingerprint density at radius 3 is 2.43 bits per heavy atom. The van der Waals surface area contributed by atoms with Gasteiger partial charge in [-0.2, -0.15) is 0 Å². The van der Waals surface area contributed by atoms with Crippen molar-refractivity contribution in [1.29, 1.82) is 0 Å². The second-order valence-corrected chi connectivity index (χ2v) is 8.84. The van der Waals surface area contributed by atoms with Crippen LogP contribution in [0.3, 0.4) is 0 Å². The number of fused-ring (bicyclic) bond motifs is 1. The van der Waals surface area contributed by atoms with Gasteiger partial charge in [-0.3, -0.25) is 4.79 Å². The number of amides is 1. The summed E-state index contributed by atoms with van der Waals surface area (Å²) < 4.78 is 20.7. The molecule has 0 aliphatic carbocycles. The number of halogens is 1. The van der Waals surface area contributed by atoms with Crippen LogP contribution in [0, 0.1) is 5.82 Å². The first kappa shape index (κ1) is 22.6. The van der Waals surface area contributed by atoms with E-state index in [4.69, 9.17) is 4.74 Å². The Morgan fingerprint density at radius 1 is 1.00 bits per heavy atom. The number of para-hydroxylation sites is 1. The van der Waals surface area contributed by atoms with E-state index in [2.05, 4.69) is 20.9 Å². The Morgan fingerprint density at radius 2 is 1.71 bits per heavy atom. The van der Waals surface area contributed by atoms with Crippen LogP contribution in [0.1, 0.15) is 22.0 Å². The quantitative estimate of drug-likeness (QED) is 0.404. The van der Waals surface area contributed by atoms with Gasteiger partial charge in [0.2, 0.25) is 11.1 Å². The van der Waals surface area contributed by atoms with Gasteiger partial charge >= 0.3 is 5.97 Å². The van der Waals surface area contributed by atoms with Gasteiger partial charge in [-0.05, 0) is 29.8 Å². The fourth-order valence-corrected chi connectivity index (χ4v) is 4.87. The third kappa shape index (κ3) is 4.47. The number of methoxy groups -OCH3 is 1. The van der Waals surface area contributed by atoms with E-state index in [1.54, 1.807) is 41.1 Å². The summed E-state index contributed by atoms with van der Waals surface area (Å²) >= 11 is 1.22. The van der Waals surface area contributed by atoms with E-state index in [1.165, 1.54) is 31.0 Å². The molecule has 1 aliphatic heterocycles. The number of benzene rings is 3. The number of hydrogen-bond donors (Lipinski definition) is 2. The molecule has 2 N–H and O–H groups in total. The van der Waals surface area contributed by atoms with Crippen LogP contribution in [0.5, 0.6) is 0 Å². The smallest absolute Gasteiger partial charge is 0.337 e. The number of nitrogens with one attached hydrogen (secondary N) is 2. The van der Waals surface area contributed by atoms with Crippen LogP contribution >= 0.6 is 11.8 Å². The Balaban J connectivity index is 1.52. The van der Waals surface area contributed by atoms with E-state index >= 15 is 0 Å². The first-order valence-electron chi connectivity index (χ1n) is 10.7. The first-order chi connectivity index (χ1) is 17.0. The number of aromatic nitrogens is 3. The predicted octanol–water partition coefficient (Wildman–Crippen LogP) is 4.27. The third-order valence-corrected chi connectivity index (χ3v) is 6.76. The second kappa shape index (κ2) is 9.59. The van der Waals surface area contributed by atoms with Gasteiger partial charge in [0.25, 0.3) is 0 Å². The van der Waals surface area contributed by atoms with Crippen molar-refractivity contribution >= 4 is 29.3 Å². The number of thioether (sulfide) groups is 1. The maximum Gasteiger partial charge on any atom is 0.337 e. The molecular formula is C25H20FN5O3S. The molecule has 0 bridgehead atoms. The highest BCUT2D eigenvalue weighted by Crippen LogP contribution is 2.39. The van der Waals surface area contributed by atoms with Crippen LogP contribution in [0.25, 0.3) is 11.4 Å². The Labute approximate surface area is 204 Å². The van der Waals surface area contributed by atoms with Crippen molar-refractivity contribution in [2.24, 2.45) is 0 Å². The highest BCUT2D eigenvalue weighted by Gasteiger charge is 2.38. The Bertz CT molecular complexity index is 1380. The first-order valence-corrected chi connectivity index (χ1v) is 11.6. The van der Waals surface area contributed by atoms with Gasteiger partial charge in [-0.15, -0.1) is 10.2 Å². The molecule has 4 aromatic rings. The number of rotatable bonds is 5. The molecule has 3 aromatic carbocycles. The van der Waals surface area contributed by atoms with Crippen LogP contribution in [0.4, 0.5) is 10.1 Å². The second-order valence-electron chi connectivity index (χ2n) is 7.74. The lowest BCUT2D eigenvalue weighted by molar-refractivity contribution is -0.116. The molecule has 5 rings (SSSR count). The molecule has 0 radical (unpaired) electrons. The van der Waals surface area contributed by atoms with E-state index < -0.39 is 29.0 Å². The number of ether oxygens (including phenoxy) is 1. The minimum Gasteiger partial charge on any atom is -0.465 e. The topological polar surface area (TPSA) is 98.1 Å². The van der Waals surface area contributed by atoms with Crippen LogP contribution in [0.2, 0.25) is 0 Å². The van der Waals surface area contributed by atoms with Gasteiger partial charge in [0.1, 0.15) is 11.1 Å². The standard InChI is InChI=1S/C25H20FN5O3S/c1-34-24(33)17-13-11-15(12-14-17)20-21(23(32)27-19-10-6-5-9-18(19)26)35-25-29-28-22(31(25)30-20)16-7-3-2-4-8-16/h2-14,20-21,30H,1H3,(H,27,32)/t20-,21+/m0/s1. The van der Waals surface area contributed by atoms with Gasteiger partial charge in [0.05, 0.1) is 24.4 Å². The number of carbonyl (C=O) groups excluding carboxylic acids is 2. The Hall–Kier alpha value is -4.18. The van der Waals surface area contributed by atoms with E-state index in [9.17, 15) is 14.0 Å². The van der Waals surface area contributed by atoms with Crippen molar-refractivity contribution in [1.82, 2.24) is 14.9 Å². The average molecular weight is 490 g/mol. The minimum atomic E-state index is -0.709. The monoisotopic (exact) mass is 489 g/mol. The number of esters is 1. The summed E-state index contributed by atoms with van der Waals surface area (Å²) in [6, 6.07) is 21.8. The minimum absolute atomic E-state index is 0.0925. The summed E-state index contributed by atoms with van der Waals surface area (Å²) in [7, 11) is 1.32. The van der Waals surface area contributed by atoms with Crippen LogP contribution < -0.4 is 10.7 Å². The highest BCUT2D eigenvalue weighted by atomic mass is 32.2. The maximum atomic E-state index is 14.2. The maximum absolute atomic E-state index is 14.2. The molecule has 0 saturated carbocycles. The lowest BCUT2D eigenvalue weighted by atomic mass is 10.0. The lowest BCUT2D eigenvalue weighted by Gasteiger charge is -2.33. The number of nitrogens with zero attached hydrogens (tertiary/aromatic N) is 3. The number of carbonyl (C=O) groups is 2. The van der Waals surface area contributed by atoms with Crippen molar-refractivity contribution in [3.05, 3.63) is 95.8 Å². The van der Waals surface area contributed by atoms with E-state index in [1.807, 2.05) is 30.3 Å². The van der Waals surface area contributed by atoms with E-state index in [-0.39, 0.29) is 5.69 Å². The summed E-state index contributed by atoms with van der Waals surface area (Å²) in [6.07, 6.45) is 0. The zero-order valence-electron chi connectivity index (χ0n) is 18.5. The fraction of sp³-hybridized carbons (Fsp3) is 0.120. The molecule has 1 amide bonds. The van der Waals surface area contributed by atoms with Crippen LogP contribution in [-0.2, 0) is 9.53 Å². The van der Waals surface area contributed by atoms with E-state index in [0.717, 1.165) is 11.1 Å². The highest BCUT2D eigenvalue weighted by molar-refractivity contribution is 8.00. The molecule has 2 heterocycles. The van der Waals surface area contributed by atoms with Crippen LogP contribution in [-0.4, -0.2) is 39.1 Å². The van der Waals surface area contributed by atoms with E-state index in [0.29, 0.717) is 16.5 Å². The largest absolute Gasteiger partial charge is 0.465 e. The molecule has 8 nitrogen and oxygen atoms in total. The molecule has 2 atom stereocenters. The normalized spacial score (nSPS) is 16.6. The van der Waals surface area contributed by atoms with Crippen molar-refractivity contribution < 1.29 is 18.7 Å². The molecule has 1 aromatic heterocycles. The average Bonchev–Trinajstić information content (AvgIpc) is 3.32. The Kier molecular flexibility index (Phi) is 6.19. The van der Waals surface area contributed by atoms with Crippen molar-refractivity contribution in [3.63, 3.8) is 0 Å². The molecule has 0 saturated heterocycles. The van der Waals surface area contributed by atoms with Gasteiger partial charge in [0.15, 0.2) is 5.82 Å². The third-order valence-electron chi connectivity index (χ3n) is 5.55.